The Morgan fingerprint density at radius 2 is 1.42 bits per heavy atom. The molecule has 5 nitrogen and oxygen atoms in total. The molecule has 5 N–H and O–H groups in total. The summed E-state index contributed by atoms with van der Waals surface area (Å²) in [6.45, 7) is 22.4. The lowest BCUT2D eigenvalue weighted by atomic mass is 10.2. The topological polar surface area (TPSA) is 105 Å². The van der Waals surface area contributed by atoms with Gasteiger partial charge in [-0.3, -0.25) is 10.2 Å². The van der Waals surface area contributed by atoms with E-state index in [0.29, 0.717) is 21.9 Å². The minimum Gasteiger partial charge on any atom is -0.398 e. The van der Waals surface area contributed by atoms with Gasteiger partial charge in [-0.15, -0.1) is 12.6 Å². The summed E-state index contributed by atoms with van der Waals surface area (Å²) in [5, 5.41) is 7.27. The van der Waals surface area contributed by atoms with Crippen molar-refractivity contribution < 1.29 is 4.79 Å². The van der Waals surface area contributed by atoms with Gasteiger partial charge in [-0.1, -0.05) is 66.9 Å². The van der Waals surface area contributed by atoms with Crippen molar-refractivity contribution in [1.29, 1.82) is 5.41 Å². The Labute approximate surface area is 171 Å². The number of carbonyl (C=O) groups excluding carboxylic acids is 1. The molecule has 0 aliphatic rings. The molecule has 0 aromatic rings. The summed E-state index contributed by atoms with van der Waals surface area (Å²) in [6.07, 6.45) is 4.66. The Morgan fingerprint density at radius 3 is 1.50 bits per heavy atom. The molecule has 1 amide bonds. The lowest BCUT2D eigenvalue weighted by molar-refractivity contribution is -0.114. The van der Waals surface area contributed by atoms with E-state index >= 15 is 0 Å². The summed E-state index contributed by atoms with van der Waals surface area (Å²) < 4.78 is 3.49. The normalized spacial score (nSPS) is 10.0. The van der Waals surface area contributed by atoms with Crippen LogP contribution < -0.4 is 11.5 Å². The van der Waals surface area contributed by atoms with Crippen molar-refractivity contribution in [3.8, 4) is 0 Å². The molecule has 0 fully saturated rings. The third-order valence-electron chi connectivity index (χ3n) is 2.02. The molecule has 0 saturated heterocycles. The van der Waals surface area contributed by atoms with Crippen LogP contribution in [0.1, 0.15) is 55.4 Å². The zero-order valence-electron chi connectivity index (χ0n) is 17.6. The van der Waals surface area contributed by atoms with E-state index in [1.54, 1.807) is 26.0 Å². The van der Waals surface area contributed by atoms with Gasteiger partial charge in [0.25, 0.3) is 0 Å². The maximum Gasteiger partial charge on any atom is 0.250 e. The molecule has 7 heteroatoms. The summed E-state index contributed by atoms with van der Waals surface area (Å²) in [7, 11) is 0. The SMILES string of the molecule is C/C=C(N)\C(=C/C)C(N)=O.C=C/C(=N/S)C(=N)C(=C)S.CC.CC.CC. The van der Waals surface area contributed by atoms with Crippen LogP contribution in [-0.2, 0) is 4.79 Å². The third-order valence-corrected chi connectivity index (χ3v) is 2.46. The number of nitrogens with two attached hydrogens (primary N) is 2. The first-order chi connectivity index (χ1) is 12.3. The van der Waals surface area contributed by atoms with Crippen LogP contribution in [0.2, 0.25) is 0 Å². The molecular weight excluding hydrogens is 364 g/mol. The first-order valence-electron chi connectivity index (χ1n) is 8.46. The lowest BCUT2D eigenvalue weighted by Gasteiger charge is -1.99. The zero-order valence-corrected chi connectivity index (χ0v) is 19.3. The van der Waals surface area contributed by atoms with Crippen LogP contribution in [0.25, 0.3) is 0 Å². The predicted molar refractivity (Wildman–Crippen MR) is 127 cm³/mol. The standard InChI is InChI=1S/C7H12N2O.C6H8N2S2.3C2H6/c1-3-5(7(9)10)6(8)4-2;1-3-5(8-10)6(7)4(2)9;3*1-2/h3-4H,8H2,1-2H3,(H2,9,10);3,7,9-10H,1-2H2;3*1-2H3/b5-3+,6-4+;7-6?,8-5-;;;. The van der Waals surface area contributed by atoms with Gasteiger partial charge in [-0.2, -0.15) is 0 Å². The van der Waals surface area contributed by atoms with Crippen LogP contribution in [-0.4, -0.2) is 17.3 Å². The molecule has 0 atom stereocenters. The number of carbonyl (C=O) groups is 1. The second-order valence-electron chi connectivity index (χ2n) is 3.32. The minimum atomic E-state index is -0.488. The summed E-state index contributed by atoms with van der Waals surface area (Å²) in [4.78, 5) is 10.9. The smallest absolute Gasteiger partial charge is 0.250 e. The van der Waals surface area contributed by atoms with Crippen LogP contribution in [0.4, 0.5) is 0 Å². The molecule has 0 spiro atoms. The van der Waals surface area contributed by atoms with Crippen molar-refractivity contribution in [1.82, 2.24) is 0 Å². The maximum atomic E-state index is 10.6. The van der Waals surface area contributed by atoms with Gasteiger partial charge in [0.15, 0.2) is 0 Å². The van der Waals surface area contributed by atoms with Crippen LogP contribution in [0, 0.1) is 5.41 Å². The van der Waals surface area contributed by atoms with E-state index < -0.39 is 5.91 Å². The predicted octanol–water partition coefficient (Wildman–Crippen LogP) is 5.28. The average Bonchev–Trinajstić information content (AvgIpc) is 2.68. The maximum absolute atomic E-state index is 10.6. The molecule has 26 heavy (non-hydrogen) atoms. The fraction of sp³-hybridized carbons (Fsp3) is 0.421. The molecule has 0 heterocycles. The summed E-state index contributed by atoms with van der Waals surface area (Å²) >= 11 is 7.49. The van der Waals surface area contributed by atoms with Crippen LogP contribution in [0.5, 0.6) is 0 Å². The van der Waals surface area contributed by atoms with Gasteiger partial charge in [-0.05, 0) is 32.7 Å². The lowest BCUT2D eigenvalue weighted by Crippen LogP contribution is -2.18. The van der Waals surface area contributed by atoms with Crippen molar-refractivity contribution in [3.05, 3.63) is 47.6 Å². The van der Waals surface area contributed by atoms with E-state index in [1.165, 1.54) is 6.08 Å². The Bertz CT molecular complexity index is 494. The quantitative estimate of drug-likeness (QED) is 0.187. The number of hydrogen-bond acceptors (Lipinski definition) is 6. The molecule has 0 saturated carbocycles. The van der Waals surface area contributed by atoms with Gasteiger partial charge in [-0.25, -0.2) is 4.40 Å². The Morgan fingerprint density at radius 1 is 1.04 bits per heavy atom. The number of allylic oxidation sites excluding steroid dienone is 4. The number of amides is 1. The van der Waals surface area contributed by atoms with Gasteiger partial charge in [0.2, 0.25) is 5.91 Å². The highest BCUT2D eigenvalue weighted by atomic mass is 32.1. The summed E-state index contributed by atoms with van der Waals surface area (Å²) in [5.74, 6) is -0.488. The Hall–Kier alpha value is -1.73. The first kappa shape index (κ1) is 35.4. The molecule has 0 rings (SSSR count). The molecule has 0 aliphatic carbocycles. The molecule has 0 bridgehead atoms. The van der Waals surface area contributed by atoms with E-state index in [-0.39, 0.29) is 5.71 Å². The minimum absolute atomic E-state index is 0.147. The van der Waals surface area contributed by atoms with Gasteiger partial charge in [0, 0.05) is 10.6 Å². The Balaban J connectivity index is -0.0000000875. The number of rotatable bonds is 5. The molecule has 0 aliphatic heterocycles. The molecule has 0 aromatic heterocycles. The highest BCUT2D eigenvalue weighted by Gasteiger charge is 2.04. The highest BCUT2D eigenvalue weighted by Crippen LogP contribution is 2.02. The van der Waals surface area contributed by atoms with Gasteiger partial charge < -0.3 is 11.5 Å². The zero-order chi connectivity index (χ0) is 22.3. The Kier molecular flexibility index (Phi) is 38.2. The van der Waals surface area contributed by atoms with Crippen molar-refractivity contribution in [2.75, 3.05) is 0 Å². The van der Waals surface area contributed by atoms with E-state index in [9.17, 15) is 4.79 Å². The number of primary amides is 1. The fourth-order valence-corrected chi connectivity index (χ4v) is 1.24. The van der Waals surface area contributed by atoms with Crippen molar-refractivity contribution in [3.63, 3.8) is 0 Å². The molecular formula is C19H38N4OS2. The van der Waals surface area contributed by atoms with E-state index in [1.807, 2.05) is 41.5 Å². The monoisotopic (exact) mass is 402 g/mol. The fourth-order valence-electron chi connectivity index (χ4n) is 0.947. The molecule has 152 valence electrons. The second-order valence-corrected chi connectivity index (χ2v) is 4.06. The molecule has 0 unspecified atom stereocenters. The van der Waals surface area contributed by atoms with Crippen molar-refractivity contribution in [2.45, 2.75) is 55.4 Å². The molecule has 0 radical (unpaired) electrons. The number of thiol groups is 2. The average molecular weight is 403 g/mol. The van der Waals surface area contributed by atoms with E-state index in [4.69, 9.17) is 16.9 Å². The van der Waals surface area contributed by atoms with Crippen molar-refractivity contribution >= 4 is 42.8 Å². The number of nitrogens with one attached hydrogen (secondary N) is 1. The number of hydrogen-bond donors (Lipinski definition) is 5. The molecule has 0 aromatic carbocycles. The van der Waals surface area contributed by atoms with E-state index in [0.717, 1.165) is 0 Å². The largest absolute Gasteiger partial charge is 0.398 e. The third kappa shape index (κ3) is 20.3. The van der Waals surface area contributed by atoms with Crippen LogP contribution in [0.15, 0.2) is 52.0 Å². The van der Waals surface area contributed by atoms with Crippen LogP contribution in [0.3, 0.4) is 0 Å². The second kappa shape index (κ2) is 28.1. The summed E-state index contributed by atoms with van der Waals surface area (Å²) in [5.41, 5.74) is 11.7. The highest BCUT2D eigenvalue weighted by molar-refractivity contribution is 7.86. The summed E-state index contributed by atoms with van der Waals surface area (Å²) in [6, 6.07) is 0. The van der Waals surface area contributed by atoms with Gasteiger partial charge >= 0.3 is 0 Å². The van der Waals surface area contributed by atoms with Gasteiger partial charge in [0.1, 0.15) is 0 Å². The first-order valence-corrected chi connectivity index (χ1v) is 9.31. The van der Waals surface area contributed by atoms with Crippen LogP contribution >= 0.6 is 25.4 Å². The van der Waals surface area contributed by atoms with Gasteiger partial charge in [0.05, 0.1) is 17.0 Å². The van der Waals surface area contributed by atoms with Crippen molar-refractivity contribution in [2.24, 2.45) is 15.9 Å². The number of nitrogens with zero attached hydrogens (tertiary/aromatic N) is 1. The van der Waals surface area contributed by atoms with E-state index in [2.05, 4.69) is 43.0 Å².